The predicted molar refractivity (Wildman–Crippen MR) is 63.2 cm³/mol. The van der Waals surface area contributed by atoms with E-state index in [1.165, 1.54) is 0 Å². The van der Waals surface area contributed by atoms with Gasteiger partial charge in [0.2, 0.25) is 0 Å². The predicted octanol–water partition coefficient (Wildman–Crippen LogP) is 0.756. The van der Waals surface area contributed by atoms with Gasteiger partial charge in [0, 0.05) is 5.56 Å². The number of aromatic nitrogens is 3. The lowest BCUT2D eigenvalue weighted by atomic mass is 10.0. The van der Waals surface area contributed by atoms with Crippen LogP contribution in [-0.2, 0) is 0 Å². The topological polar surface area (TPSA) is 88.9 Å². The van der Waals surface area contributed by atoms with Gasteiger partial charge in [0.1, 0.15) is 11.4 Å². The summed E-state index contributed by atoms with van der Waals surface area (Å²) in [7, 11) is 0. The number of ether oxygens (including phenoxy) is 1. The molecule has 90 valence electrons. The fraction of sp³-hybridized carbons (Fsp3) is 0.273. The number of rotatable bonds is 5. The number of aromatic amines is 1. The van der Waals surface area contributed by atoms with Gasteiger partial charge in [0.15, 0.2) is 0 Å². The summed E-state index contributed by atoms with van der Waals surface area (Å²) in [6, 6.07) is 7.47. The minimum absolute atomic E-state index is 0.239. The van der Waals surface area contributed by atoms with Gasteiger partial charge in [-0.1, -0.05) is 18.2 Å². The first-order valence-electron chi connectivity index (χ1n) is 5.40. The summed E-state index contributed by atoms with van der Waals surface area (Å²) < 4.78 is 5.56. The Kier molecular flexibility index (Phi) is 3.69. The van der Waals surface area contributed by atoms with E-state index in [0.29, 0.717) is 6.61 Å². The molecule has 2 rings (SSSR count). The van der Waals surface area contributed by atoms with Gasteiger partial charge in [0.05, 0.1) is 18.8 Å². The van der Waals surface area contributed by atoms with Crippen molar-refractivity contribution in [1.29, 1.82) is 0 Å². The van der Waals surface area contributed by atoms with Crippen molar-refractivity contribution in [3.63, 3.8) is 0 Å². The molecule has 0 saturated carbocycles. The molecule has 1 unspecified atom stereocenters. The van der Waals surface area contributed by atoms with Gasteiger partial charge >= 0.3 is 0 Å². The molecule has 0 aliphatic carbocycles. The number of nitrogens with two attached hydrogens (primary N) is 1. The van der Waals surface area contributed by atoms with Crippen LogP contribution in [0.3, 0.4) is 0 Å². The highest BCUT2D eigenvalue weighted by Crippen LogP contribution is 2.27. The molecular weight excluding hydrogens is 218 g/mol. The number of para-hydroxylation sites is 1. The number of nitrogens with zero attached hydrogens (tertiary/aromatic N) is 2. The Balaban J connectivity index is 2.37. The highest BCUT2D eigenvalue weighted by atomic mass is 16.5. The first kappa shape index (κ1) is 11.6. The molecule has 1 aromatic heterocycles. The second-order valence-corrected chi connectivity index (χ2v) is 3.47. The molecule has 1 heterocycles. The molecular formula is C11H15N5O. The second-order valence-electron chi connectivity index (χ2n) is 3.47. The molecule has 6 heteroatoms. The van der Waals surface area contributed by atoms with Crippen molar-refractivity contribution in [3.8, 4) is 5.75 Å². The molecule has 17 heavy (non-hydrogen) atoms. The van der Waals surface area contributed by atoms with E-state index in [4.69, 9.17) is 10.6 Å². The molecule has 0 spiro atoms. The molecule has 2 aromatic rings. The van der Waals surface area contributed by atoms with E-state index in [0.717, 1.165) is 17.0 Å². The highest BCUT2D eigenvalue weighted by Gasteiger charge is 2.18. The number of hydrazine groups is 1. The average Bonchev–Trinajstić information content (AvgIpc) is 2.86. The van der Waals surface area contributed by atoms with Crippen molar-refractivity contribution in [2.24, 2.45) is 5.84 Å². The van der Waals surface area contributed by atoms with Crippen LogP contribution in [-0.4, -0.2) is 22.0 Å². The van der Waals surface area contributed by atoms with Crippen LogP contribution in [0.15, 0.2) is 30.5 Å². The van der Waals surface area contributed by atoms with Crippen molar-refractivity contribution in [2.75, 3.05) is 6.61 Å². The summed E-state index contributed by atoms with van der Waals surface area (Å²) in [6.45, 7) is 2.55. The third-order valence-electron chi connectivity index (χ3n) is 2.43. The van der Waals surface area contributed by atoms with E-state index in [-0.39, 0.29) is 6.04 Å². The summed E-state index contributed by atoms with van der Waals surface area (Å²) in [5.74, 6) is 6.37. The Labute approximate surface area is 99.1 Å². The largest absolute Gasteiger partial charge is 0.494 e. The monoisotopic (exact) mass is 233 g/mol. The number of H-pyrrole nitrogens is 1. The third-order valence-corrected chi connectivity index (χ3v) is 2.43. The van der Waals surface area contributed by atoms with Crippen LogP contribution in [0.5, 0.6) is 5.75 Å². The zero-order chi connectivity index (χ0) is 12.1. The smallest absolute Gasteiger partial charge is 0.124 e. The molecule has 0 aliphatic rings. The zero-order valence-corrected chi connectivity index (χ0v) is 9.55. The van der Waals surface area contributed by atoms with Crippen LogP contribution >= 0.6 is 0 Å². The molecule has 0 amide bonds. The summed E-state index contributed by atoms with van der Waals surface area (Å²) in [4.78, 5) is 0. The normalized spacial score (nSPS) is 12.4. The molecule has 1 aromatic carbocycles. The second kappa shape index (κ2) is 5.42. The Bertz CT molecular complexity index is 457. The molecule has 0 fully saturated rings. The maximum atomic E-state index is 5.57. The van der Waals surface area contributed by atoms with E-state index >= 15 is 0 Å². The van der Waals surface area contributed by atoms with Crippen molar-refractivity contribution in [3.05, 3.63) is 41.7 Å². The van der Waals surface area contributed by atoms with Crippen LogP contribution in [0.1, 0.15) is 24.2 Å². The van der Waals surface area contributed by atoms with E-state index in [9.17, 15) is 0 Å². The molecule has 6 nitrogen and oxygen atoms in total. The SMILES string of the molecule is CCOc1ccccc1C(NN)c1cn[nH]n1. The van der Waals surface area contributed by atoms with Crippen molar-refractivity contribution < 1.29 is 4.74 Å². The molecule has 1 atom stereocenters. The molecule has 4 N–H and O–H groups in total. The summed E-state index contributed by atoms with van der Waals surface area (Å²) >= 11 is 0. The Morgan fingerprint density at radius 2 is 2.29 bits per heavy atom. The minimum Gasteiger partial charge on any atom is -0.494 e. The van der Waals surface area contributed by atoms with Gasteiger partial charge in [-0.15, -0.1) is 0 Å². The van der Waals surface area contributed by atoms with Gasteiger partial charge in [-0.2, -0.15) is 15.4 Å². The number of benzene rings is 1. The van der Waals surface area contributed by atoms with E-state index in [1.807, 2.05) is 31.2 Å². The van der Waals surface area contributed by atoms with Crippen LogP contribution in [0.2, 0.25) is 0 Å². The molecule has 0 radical (unpaired) electrons. The van der Waals surface area contributed by atoms with E-state index in [1.54, 1.807) is 6.20 Å². The maximum Gasteiger partial charge on any atom is 0.124 e. The van der Waals surface area contributed by atoms with Gasteiger partial charge in [-0.05, 0) is 13.0 Å². The lowest BCUT2D eigenvalue weighted by molar-refractivity contribution is 0.333. The minimum atomic E-state index is -0.239. The Morgan fingerprint density at radius 3 is 2.94 bits per heavy atom. The standard InChI is InChI=1S/C11H15N5O/c1-2-17-10-6-4-3-5-8(10)11(14-12)9-7-13-16-15-9/h3-7,11,14H,2,12H2,1H3,(H,13,15,16). The third kappa shape index (κ3) is 2.43. The van der Waals surface area contributed by atoms with Gasteiger partial charge in [-0.3, -0.25) is 5.84 Å². The van der Waals surface area contributed by atoms with Gasteiger partial charge in [0.25, 0.3) is 0 Å². The van der Waals surface area contributed by atoms with E-state index < -0.39 is 0 Å². The lowest BCUT2D eigenvalue weighted by Crippen LogP contribution is -2.29. The summed E-state index contributed by atoms with van der Waals surface area (Å²) in [5, 5.41) is 10.4. The lowest BCUT2D eigenvalue weighted by Gasteiger charge is -2.17. The van der Waals surface area contributed by atoms with E-state index in [2.05, 4.69) is 20.8 Å². The fourth-order valence-electron chi connectivity index (χ4n) is 1.69. The molecule has 0 saturated heterocycles. The van der Waals surface area contributed by atoms with Crippen molar-refractivity contribution >= 4 is 0 Å². The van der Waals surface area contributed by atoms with Crippen molar-refractivity contribution in [1.82, 2.24) is 20.8 Å². The Morgan fingerprint density at radius 1 is 1.47 bits per heavy atom. The summed E-state index contributed by atoms with van der Waals surface area (Å²) in [5.41, 5.74) is 4.37. The molecule has 0 bridgehead atoms. The average molecular weight is 233 g/mol. The number of hydrogen-bond acceptors (Lipinski definition) is 5. The quantitative estimate of drug-likeness (QED) is 0.524. The maximum absolute atomic E-state index is 5.57. The highest BCUT2D eigenvalue weighted by molar-refractivity contribution is 5.39. The Hall–Kier alpha value is -1.92. The first-order chi connectivity index (χ1) is 8.36. The number of nitrogens with one attached hydrogen (secondary N) is 2. The van der Waals surface area contributed by atoms with Crippen LogP contribution < -0.4 is 16.0 Å². The van der Waals surface area contributed by atoms with Gasteiger partial charge in [-0.25, -0.2) is 5.43 Å². The van der Waals surface area contributed by atoms with Crippen molar-refractivity contribution in [2.45, 2.75) is 13.0 Å². The van der Waals surface area contributed by atoms with Gasteiger partial charge < -0.3 is 4.74 Å². The zero-order valence-electron chi connectivity index (χ0n) is 9.55. The first-order valence-corrected chi connectivity index (χ1v) is 5.40. The van der Waals surface area contributed by atoms with Crippen LogP contribution in [0.25, 0.3) is 0 Å². The van der Waals surface area contributed by atoms with Crippen LogP contribution in [0, 0.1) is 0 Å². The summed E-state index contributed by atoms with van der Waals surface area (Å²) in [6.07, 6.45) is 1.63. The fourth-order valence-corrected chi connectivity index (χ4v) is 1.69. The molecule has 0 aliphatic heterocycles. The number of hydrogen-bond donors (Lipinski definition) is 3. The van der Waals surface area contributed by atoms with Crippen LogP contribution in [0.4, 0.5) is 0 Å².